The molecule has 0 aliphatic heterocycles. The smallest absolute Gasteiger partial charge is 0.0540 e. The molecule has 2 nitrogen and oxygen atoms in total. The van der Waals surface area contributed by atoms with E-state index in [0.29, 0.717) is 35.5 Å². The van der Waals surface area contributed by atoms with Gasteiger partial charge in [0.25, 0.3) is 0 Å². The number of rotatable bonds is 17. The maximum Gasteiger partial charge on any atom is 0.0540 e. The first-order valence-electron chi connectivity index (χ1n) is 29.8. The van der Waals surface area contributed by atoms with Gasteiger partial charge < -0.3 is 10.2 Å². The molecule has 0 atom stereocenters. The Morgan fingerprint density at radius 2 is 0.667 bits per heavy atom. The van der Waals surface area contributed by atoms with Crippen molar-refractivity contribution in [3.05, 3.63) is 213 Å². The van der Waals surface area contributed by atoms with E-state index in [2.05, 4.69) is 241 Å². The molecule has 78 heavy (non-hydrogen) atoms. The number of hydrogen-bond acceptors (Lipinski definition) is 2. The fourth-order valence-corrected chi connectivity index (χ4v) is 16.6. The first-order chi connectivity index (χ1) is 37.7. The molecule has 2 aliphatic rings. The summed E-state index contributed by atoms with van der Waals surface area (Å²) in [7, 11) is -2.17. The van der Waals surface area contributed by atoms with E-state index in [4.69, 9.17) is 10.2 Å². The lowest BCUT2D eigenvalue weighted by atomic mass is 9.74. The molecule has 0 aromatic heterocycles. The molecule has 0 saturated carbocycles. The van der Waals surface area contributed by atoms with Crippen molar-refractivity contribution < 1.29 is 0 Å². The van der Waals surface area contributed by atoms with Gasteiger partial charge in [-0.15, -0.1) is 0 Å². The van der Waals surface area contributed by atoms with Crippen LogP contribution in [0.4, 0.5) is 11.4 Å². The molecule has 0 spiro atoms. The van der Waals surface area contributed by atoms with E-state index in [-0.39, 0.29) is 0 Å². The Morgan fingerprint density at radius 1 is 0.321 bits per heavy atom. The molecule has 8 aromatic carbocycles. The van der Waals surface area contributed by atoms with Gasteiger partial charge >= 0.3 is 0 Å². The summed E-state index contributed by atoms with van der Waals surface area (Å²) in [4.78, 5) is 0. The molecule has 0 heterocycles. The van der Waals surface area contributed by atoms with Crippen LogP contribution >= 0.6 is 16.1 Å². The largest absolute Gasteiger partial charge is 0.356 e. The van der Waals surface area contributed by atoms with Crippen molar-refractivity contribution in [2.24, 2.45) is 0 Å². The van der Waals surface area contributed by atoms with Gasteiger partial charge in [0, 0.05) is 43.5 Å². The SMILES string of the molecule is CC(C)c1cc(C(C)C)c(-c2cc3c(c(-c4c5c(cc(-c6cc(C(C)C)cc(C(C)C)c6C(C)C)c4NP(c4ccccc4)c4ccccc4)CCCC5)c2NP(c2ccccc2)c2ccccc2)CCCC3)c(C(C)C)c1. The number of benzene rings is 8. The minimum atomic E-state index is -1.08. The van der Waals surface area contributed by atoms with Gasteiger partial charge in [0.15, 0.2) is 0 Å². The average molecular weight is 1070 g/mol. The van der Waals surface area contributed by atoms with Gasteiger partial charge in [0.1, 0.15) is 0 Å². The second-order valence-corrected chi connectivity index (χ2v) is 28.2. The monoisotopic (exact) mass is 1060 g/mol. The van der Waals surface area contributed by atoms with E-state index >= 15 is 0 Å². The van der Waals surface area contributed by atoms with Gasteiger partial charge in [-0.25, -0.2) is 0 Å². The number of fused-ring (bicyclic) bond motifs is 2. The lowest BCUT2D eigenvalue weighted by molar-refractivity contribution is 0.682. The molecule has 0 bridgehead atoms. The third-order valence-corrected chi connectivity index (χ3v) is 21.0. The molecule has 0 fully saturated rings. The fourth-order valence-electron chi connectivity index (χ4n) is 12.7. The number of hydrogen-bond donors (Lipinski definition) is 2. The van der Waals surface area contributed by atoms with Gasteiger partial charge in [-0.2, -0.15) is 0 Å². The van der Waals surface area contributed by atoms with Crippen molar-refractivity contribution in [2.75, 3.05) is 10.2 Å². The standard InChI is InChI=1S/C74H86N2P2/c1-47(2)55-44-64(50(7)8)70(65(45-55)51(9)10)68-42-54-30-26-28-40-62(54)72(74(68)76-78(59-35-21-15-22-36-59)60-37-23-16-24-38-60)71-61-39-27-25-29-53(61)41-67(66-46-56(48(3)4)43-63(49(5)6)69(66)52(11)12)73(71)75-77(57-31-17-13-18-32-57)58-33-19-14-20-34-58/h13-24,31-38,41-52,75-76H,25-30,39-40H2,1-12H3. The lowest BCUT2D eigenvalue weighted by Crippen LogP contribution is -2.21. The number of anilines is 2. The predicted octanol–water partition coefficient (Wildman–Crippen LogP) is 20.1. The van der Waals surface area contributed by atoms with Gasteiger partial charge in [0.05, 0.1) is 27.5 Å². The Morgan fingerprint density at radius 3 is 1.04 bits per heavy atom. The highest BCUT2D eigenvalue weighted by molar-refractivity contribution is 7.74. The zero-order chi connectivity index (χ0) is 54.8. The maximum atomic E-state index is 4.70. The van der Waals surface area contributed by atoms with Crippen LogP contribution < -0.4 is 31.4 Å². The van der Waals surface area contributed by atoms with E-state index in [1.165, 1.54) is 136 Å². The van der Waals surface area contributed by atoms with E-state index < -0.39 is 16.1 Å². The summed E-state index contributed by atoms with van der Waals surface area (Å²) in [5.74, 6) is 2.13. The summed E-state index contributed by atoms with van der Waals surface area (Å²) in [5.41, 5.74) is 25.9. The first-order valence-corrected chi connectivity index (χ1v) is 32.5. The molecule has 402 valence electrons. The van der Waals surface area contributed by atoms with Crippen molar-refractivity contribution in [1.82, 2.24) is 0 Å². The molecule has 4 heteroatoms. The van der Waals surface area contributed by atoms with Crippen LogP contribution in [0.15, 0.2) is 158 Å². The third kappa shape index (κ3) is 11.3. The summed E-state index contributed by atoms with van der Waals surface area (Å²) in [6.07, 6.45) is 9.03. The zero-order valence-electron chi connectivity index (χ0n) is 49.0. The Kier molecular flexibility index (Phi) is 17.3. The van der Waals surface area contributed by atoms with E-state index in [0.717, 1.165) is 25.7 Å². The quantitative estimate of drug-likeness (QED) is 0.0888. The van der Waals surface area contributed by atoms with Gasteiger partial charge in [-0.05, 0) is 166 Å². The van der Waals surface area contributed by atoms with Crippen LogP contribution in [0.2, 0.25) is 0 Å². The van der Waals surface area contributed by atoms with Crippen molar-refractivity contribution in [2.45, 2.75) is 170 Å². The topological polar surface area (TPSA) is 24.1 Å². The minimum absolute atomic E-state index is 0.319. The van der Waals surface area contributed by atoms with E-state index in [1.54, 1.807) is 11.1 Å². The van der Waals surface area contributed by atoms with Crippen LogP contribution in [0.5, 0.6) is 0 Å². The number of nitrogens with one attached hydrogen (secondary N) is 2. The highest BCUT2D eigenvalue weighted by Gasteiger charge is 2.35. The average Bonchev–Trinajstić information content (AvgIpc) is 3.61. The predicted molar refractivity (Wildman–Crippen MR) is 346 cm³/mol. The molecule has 8 aromatic rings. The van der Waals surface area contributed by atoms with E-state index in [1.807, 2.05) is 0 Å². The summed E-state index contributed by atoms with van der Waals surface area (Å²) in [5, 5.41) is 14.7. The summed E-state index contributed by atoms with van der Waals surface area (Å²) in [6, 6.07) is 61.3. The van der Waals surface area contributed by atoms with Crippen LogP contribution in [0.1, 0.15) is 200 Å². The molecule has 2 N–H and O–H groups in total. The highest BCUT2D eigenvalue weighted by Crippen LogP contribution is 2.57. The molecule has 10 rings (SSSR count). The van der Waals surface area contributed by atoms with Crippen LogP contribution in [-0.2, 0) is 25.7 Å². The zero-order valence-corrected chi connectivity index (χ0v) is 50.8. The second-order valence-electron chi connectivity index (χ2n) is 24.3. The molecule has 0 unspecified atom stereocenters. The Balaban J connectivity index is 1.45. The Bertz CT molecular complexity index is 3240. The van der Waals surface area contributed by atoms with Crippen molar-refractivity contribution in [3.8, 4) is 33.4 Å². The van der Waals surface area contributed by atoms with Crippen LogP contribution in [0, 0.1) is 0 Å². The second kappa shape index (κ2) is 24.3. The number of aryl methyl sites for hydroxylation is 2. The first kappa shape index (κ1) is 55.5. The summed E-state index contributed by atoms with van der Waals surface area (Å²) in [6.45, 7) is 28.9. The molecule has 0 radical (unpaired) electrons. The van der Waals surface area contributed by atoms with Crippen molar-refractivity contribution in [1.29, 1.82) is 0 Å². The third-order valence-electron chi connectivity index (χ3n) is 16.8. The minimum Gasteiger partial charge on any atom is -0.356 e. The maximum absolute atomic E-state index is 4.70. The molecule has 0 amide bonds. The normalized spacial score (nSPS) is 13.6. The Hall–Kier alpha value is -5.78. The lowest BCUT2D eigenvalue weighted by Gasteiger charge is -2.35. The summed E-state index contributed by atoms with van der Waals surface area (Å²) < 4.78 is 0. The van der Waals surface area contributed by atoms with Crippen LogP contribution in [-0.4, -0.2) is 0 Å². The molecule has 2 aliphatic carbocycles. The van der Waals surface area contributed by atoms with E-state index in [9.17, 15) is 0 Å². The van der Waals surface area contributed by atoms with Crippen LogP contribution in [0.25, 0.3) is 33.4 Å². The van der Waals surface area contributed by atoms with Gasteiger partial charge in [0.2, 0.25) is 0 Å². The van der Waals surface area contributed by atoms with Gasteiger partial charge in [-0.3, -0.25) is 0 Å². The fraction of sp³-hybridized carbons (Fsp3) is 0.351. The Labute approximate surface area is 473 Å². The molecular formula is C74H86N2P2. The van der Waals surface area contributed by atoms with Crippen molar-refractivity contribution >= 4 is 48.7 Å². The van der Waals surface area contributed by atoms with Gasteiger partial charge in [-0.1, -0.05) is 229 Å². The van der Waals surface area contributed by atoms with Crippen molar-refractivity contribution in [3.63, 3.8) is 0 Å². The highest BCUT2D eigenvalue weighted by atomic mass is 31.1. The molecule has 0 saturated heterocycles. The van der Waals surface area contributed by atoms with Crippen LogP contribution in [0.3, 0.4) is 0 Å². The summed E-state index contributed by atoms with van der Waals surface area (Å²) >= 11 is 0. The molecular weight excluding hydrogens is 979 g/mol.